The third-order valence-corrected chi connectivity index (χ3v) is 4.25. The molecule has 4 aromatic rings. The Morgan fingerprint density at radius 2 is 1.70 bits per heavy atom. The van der Waals surface area contributed by atoms with Crippen LogP contribution in [0.2, 0.25) is 0 Å². The summed E-state index contributed by atoms with van der Waals surface area (Å²) in [6.45, 7) is 0. The van der Waals surface area contributed by atoms with Gasteiger partial charge in [0.15, 0.2) is 0 Å². The molecule has 0 aliphatic heterocycles. The smallest absolute Gasteiger partial charge is 0.379 e. The number of benzene rings is 2. The van der Waals surface area contributed by atoms with Gasteiger partial charge in [-0.1, -0.05) is 24.3 Å². The van der Waals surface area contributed by atoms with Crippen molar-refractivity contribution in [1.29, 1.82) is 0 Å². The molecule has 1 N–H and O–H groups in total. The van der Waals surface area contributed by atoms with E-state index in [4.69, 9.17) is 9.15 Å². The Balaban J connectivity index is 1.48. The van der Waals surface area contributed by atoms with Crippen molar-refractivity contribution < 1.29 is 18.7 Å². The number of nitrogens with one attached hydrogen (secondary N) is 1. The number of hydrogen-bond donors (Lipinski definition) is 1. The van der Waals surface area contributed by atoms with Gasteiger partial charge in [0.1, 0.15) is 5.75 Å². The predicted molar refractivity (Wildman–Crippen MR) is 111 cm³/mol. The summed E-state index contributed by atoms with van der Waals surface area (Å²) in [5.41, 5.74) is 4.25. The Bertz CT molecular complexity index is 1180. The van der Waals surface area contributed by atoms with E-state index in [1.807, 2.05) is 41.2 Å². The minimum Gasteiger partial charge on any atom is -0.457 e. The summed E-state index contributed by atoms with van der Waals surface area (Å²) >= 11 is 0. The van der Waals surface area contributed by atoms with Crippen LogP contribution in [-0.2, 0) is 0 Å². The molecule has 2 aromatic carbocycles. The quantitative estimate of drug-likeness (QED) is 0.229. The lowest BCUT2D eigenvalue weighted by atomic mass is 10.1. The van der Waals surface area contributed by atoms with Crippen molar-refractivity contribution in [3.8, 4) is 11.4 Å². The average molecular weight is 399 g/mol. The number of nitrogens with zero attached hydrogens (tertiary/aromatic N) is 2. The lowest BCUT2D eigenvalue weighted by Crippen LogP contribution is -2.19. The lowest BCUT2D eigenvalue weighted by Gasteiger charge is -2.09. The van der Waals surface area contributed by atoms with Crippen molar-refractivity contribution in [2.24, 2.45) is 5.10 Å². The largest absolute Gasteiger partial charge is 0.457 e. The number of furan rings is 1. The number of amides is 1. The van der Waals surface area contributed by atoms with E-state index in [-0.39, 0.29) is 11.7 Å². The van der Waals surface area contributed by atoms with Crippen molar-refractivity contribution in [1.82, 2.24) is 9.99 Å². The van der Waals surface area contributed by atoms with Crippen molar-refractivity contribution in [3.63, 3.8) is 0 Å². The number of hydrazone groups is 1. The second-order valence-electron chi connectivity index (χ2n) is 6.21. The number of para-hydroxylation sites is 2. The second-order valence-corrected chi connectivity index (χ2v) is 6.21. The molecule has 0 fully saturated rings. The number of aromatic nitrogens is 1. The van der Waals surface area contributed by atoms with E-state index in [2.05, 4.69) is 10.5 Å². The van der Waals surface area contributed by atoms with E-state index < -0.39 is 5.97 Å². The van der Waals surface area contributed by atoms with Crippen LogP contribution in [0.1, 0.15) is 26.5 Å². The number of rotatable bonds is 6. The standard InChI is InChI=1S/C23H17N3O4/c27-22(18-9-2-3-10-19(18)26-13-5-6-14-26)25-24-16-17-8-1-4-11-20(17)30-23(28)21-12-7-15-29-21/h1-16H,(H,25,27)/b24-16+. The third kappa shape index (κ3) is 4.20. The van der Waals surface area contributed by atoms with Crippen molar-refractivity contribution in [2.75, 3.05) is 0 Å². The van der Waals surface area contributed by atoms with Crippen LogP contribution in [-0.4, -0.2) is 22.7 Å². The van der Waals surface area contributed by atoms with Gasteiger partial charge in [-0.3, -0.25) is 4.79 Å². The van der Waals surface area contributed by atoms with Crippen LogP contribution in [0.15, 0.2) is 101 Å². The van der Waals surface area contributed by atoms with E-state index >= 15 is 0 Å². The van der Waals surface area contributed by atoms with Crippen LogP contribution in [0.5, 0.6) is 5.75 Å². The Morgan fingerprint density at radius 1 is 0.933 bits per heavy atom. The summed E-state index contributed by atoms with van der Waals surface area (Å²) in [5, 5.41) is 4.02. The van der Waals surface area contributed by atoms with E-state index in [0.717, 1.165) is 5.69 Å². The highest BCUT2D eigenvalue weighted by Crippen LogP contribution is 2.18. The third-order valence-electron chi connectivity index (χ3n) is 4.25. The maximum atomic E-state index is 12.6. The van der Waals surface area contributed by atoms with E-state index in [0.29, 0.717) is 16.9 Å². The molecule has 1 amide bonds. The van der Waals surface area contributed by atoms with Gasteiger partial charge in [-0.15, -0.1) is 0 Å². The van der Waals surface area contributed by atoms with Gasteiger partial charge < -0.3 is 13.7 Å². The zero-order valence-corrected chi connectivity index (χ0v) is 15.8. The molecule has 7 heteroatoms. The number of ether oxygens (including phenoxy) is 1. The first-order chi connectivity index (χ1) is 14.7. The summed E-state index contributed by atoms with van der Waals surface area (Å²) < 4.78 is 12.3. The molecule has 0 unspecified atom stereocenters. The highest BCUT2D eigenvalue weighted by molar-refractivity contribution is 5.98. The van der Waals surface area contributed by atoms with Gasteiger partial charge in [0.05, 0.1) is 23.7 Å². The maximum absolute atomic E-state index is 12.6. The van der Waals surface area contributed by atoms with Crippen LogP contribution >= 0.6 is 0 Å². The summed E-state index contributed by atoms with van der Waals surface area (Å²) in [6.07, 6.45) is 6.53. The molecule has 2 aromatic heterocycles. The molecular formula is C23H17N3O4. The fraction of sp³-hybridized carbons (Fsp3) is 0. The summed E-state index contributed by atoms with van der Waals surface area (Å²) in [7, 11) is 0. The maximum Gasteiger partial charge on any atom is 0.379 e. The first kappa shape index (κ1) is 18.9. The number of carbonyl (C=O) groups excluding carboxylic acids is 2. The Labute approximate surface area is 172 Å². The van der Waals surface area contributed by atoms with Gasteiger partial charge in [0, 0.05) is 18.0 Å². The van der Waals surface area contributed by atoms with E-state index in [9.17, 15) is 9.59 Å². The number of hydrogen-bond acceptors (Lipinski definition) is 5. The molecule has 0 atom stereocenters. The zero-order valence-electron chi connectivity index (χ0n) is 15.8. The normalized spacial score (nSPS) is 10.8. The fourth-order valence-corrected chi connectivity index (χ4v) is 2.83. The van der Waals surface area contributed by atoms with E-state index in [1.165, 1.54) is 18.5 Å². The van der Waals surface area contributed by atoms with Crippen LogP contribution in [0, 0.1) is 0 Å². The lowest BCUT2D eigenvalue weighted by molar-refractivity contribution is 0.0701. The summed E-state index contributed by atoms with van der Waals surface area (Å²) in [6, 6.07) is 21.0. The summed E-state index contributed by atoms with van der Waals surface area (Å²) in [4.78, 5) is 24.7. The van der Waals surface area contributed by atoms with Crippen molar-refractivity contribution in [2.45, 2.75) is 0 Å². The van der Waals surface area contributed by atoms with Gasteiger partial charge in [-0.2, -0.15) is 5.10 Å². The average Bonchev–Trinajstić information content (AvgIpc) is 3.49. The summed E-state index contributed by atoms with van der Waals surface area (Å²) in [5.74, 6) is -0.590. The fourth-order valence-electron chi connectivity index (χ4n) is 2.83. The van der Waals surface area contributed by atoms with Gasteiger partial charge in [0.2, 0.25) is 5.76 Å². The topological polar surface area (TPSA) is 85.8 Å². The molecule has 2 heterocycles. The molecule has 0 spiro atoms. The minimum atomic E-state index is -0.620. The Hall–Kier alpha value is -4.39. The molecule has 30 heavy (non-hydrogen) atoms. The SMILES string of the molecule is O=C(Oc1ccccc1/C=N/NC(=O)c1ccccc1-n1cccc1)c1ccco1. The molecule has 0 aliphatic carbocycles. The van der Waals surface area contributed by atoms with Crippen molar-refractivity contribution in [3.05, 3.63) is 108 Å². The monoisotopic (exact) mass is 399 g/mol. The highest BCUT2D eigenvalue weighted by Gasteiger charge is 2.14. The molecule has 0 saturated carbocycles. The van der Waals surface area contributed by atoms with Crippen molar-refractivity contribution >= 4 is 18.1 Å². The van der Waals surface area contributed by atoms with Crippen LogP contribution in [0.25, 0.3) is 5.69 Å². The van der Waals surface area contributed by atoms with Crippen LogP contribution in [0.3, 0.4) is 0 Å². The van der Waals surface area contributed by atoms with Crippen LogP contribution in [0.4, 0.5) is 0 Å². The van der Waals surface area contributed by atoms with Gasteiger partial charge in [-0.05, 0) is 48.5 Å². The minimum absolute atomic E-state index is 0.0941. The number of carbonyl (C=O) groups is 2. The number of esters is 1. The second kappa shape index (κ2) is 8.74. The predicted octanol–water partition coefficient (Wildman–Crippen LogP) is 4.05. The first-order valence-corrected chi connectivity index (χ1v) is 9.13. The zero-order chi connectivity index (χ0) is 20.8. The van der Waals surface area contributed by atoms with Crippen LogP contribution < -0.4 is 10.2 Å². The van der Waals surface area contributed by atoms with Gasteiger partial charge in [0.25, 0.3) is 5.91 Å². The molecule has 4 rings (SSSR count). The molecule has 0 saturated heterocycles. The molecule has 0 bridgehead atoms. The Kier molecular flexibility index (Phi) is 5.52. The van der Waals surface area contributed by atoms with E-state index in [1.54, 1.807) is 42.5 Å². The molecule has 148 valence electrons. The van der Waals surface area contributed by atoms with Gasteiger partial charge >= 0.3 is 5.97 Å². The molecule has 7 nitrogen and oxygen atoms in total. The first-order valence-electron chi connectivity index (χ1n) is 9.13. The molecule has 0 aliphatic rings. The van der Waals surface area contributed by atoms with Gasteiger partial charge in [-0.25, -0.2) is 10.2 Å². The Morgan fingerprint density at radius 3 is 2.50 bits per heavy atom. The molecule has 0 radical (unpaired) electrons. The highest BCUT2D eigenvalue weighted by atomic mass is 16.5. The molecular weight excluding hydrogens is 382 g/mol.